The van der Waals surface area contributed by atoms with E-state index in [4.69, 9.17) is 23.2 Å². The van der Waals surface area contributed by atoms with Crippen LogP contribution in [0.1, 0.15) is 6.92 Å². The molecule has 5 nitrogen and oxygen atoms in total. The lowest BCUT2D eigenvalue weighted by atomic mass is 10.2. The average Bonchev–Trinajstić information content (AvgIpc) is 2.51. The second-order valence-corrected chi connectivity index (χ2v) is 8.00. The monoisotopic (exact) mass is 404 g/mol. The minimum absolute atomic E-state index is 0.218. The van der Waals surface area contributed by atoms with E-state index in [0.717, 1.165) is 16.6 Å². The zero-order valence-electron chi connectivity index (χ0n) is 13.3. The van der Waals surface area contributed by atoms with Crippen LogP contribution in [0.5, 0.6) is 0 Å². The van der Waals surface area contributed by atoms with Crippen LogP contribution in [0.4, 0.5) is 15.8 Å². The molecule has 0 heterocycles. The average molecular weight is 405 g/mol. The Morgan fingerprint density at radius 2 is 1.84 bits per heavy atom. The van der Waals surface area contributed by atoms with Gasteiger partial charge in [0.2, 0.25) is 15.9 Å². The third kappa shape index (κ3) is 4.62. The molecule has 0 radical (unpaired) electrons. The molecule has 0 spiro atoms. The number of amides is 1. The highest BCUT2D eigenvalue weighted by molar-refractivity contribution is 7.92. The Morgan fingerprint density at radius 1 is 1.20 bits per heavy atom. The summed E-state index contributed by atoms with van der Waals surface area (Å²) >= 11 is 11.9. The molecule has 2 aromatic carbocycles. The Labute approximate surface area is 155 Å². The second-order valence-electron chi connectivity index (χ2n) is 5.30. The van der Waals surface area contributed by atoms with E-state index in [2.05, 4.69) is 5.32 Å². The number of halogens is 3. The number of carbonyl (C=O) groups excluding carboxylic acids is 1. The van der Waals surface area contributed by atoms with Crippen LogP contribution in [-0.4, -0.2) is 26.6 Å². The molecule has 134 valence electrons. The minimum Gasteiger partial charge on any atom is -0.323 e. The number of carbonyl (C=O) groups is 1. The second kappa shape index (κ2) is 7.59. The van der Waals surface area contributed by atoms with E-state index in [1.165, 1.54) is 37.3 Å². The van der Waals surface area contributed by atoms with Crippen LogP contribution < -0.4 is 9.62 Å². The highest BCUT2D eigenvalue weighted by Crippen LogP contribution is 2.28. The van der Waals surface area contributed by atoms with Crippen LogP contribution in [0.3, 0.4) is 0 Å². The van der Waals surface area contributed by atoms with Crippen molar-refractivity contribution in [3.05, 3.63) is 58.3 Å². The normalized spacial score (nSPS) is 12.5. The van der Waals surface area contributed by atoms with E-state index in [0.29, 0.717) is 5.02 Å². The summed E-state index contributed by atoms with van der Waals surface area (Å²) < 4.78 is 39.1. The van der Waals surface area contributed by atoms with Crippen molar-refractivity contribution in [3.63, 3.8) is 0 Å². The van der Waals surface area contributed by atoms with Gasteiger partial charge >= 0.3 is 0 Å². The third-order valence-electron chi connectivity index (χ3n) is 3.36. The SMILES string of the molecule is CC(C(=O)Nc1cc(Cl)ccc1Cl)N(c1ccccc1F)S(C)(=O)=O. The summed E-state index contributed by atoms with van der Waals surface area (Å²) in [5, 5.41) is 3.09. The number of nitrogens with one attached hydrogen (secondary N) is 1. The largest absolute Gasteiger partial charge is 0.323 e. The van der Waals surface area contributed by atoms with Gasteiger partial charge < -0.3 is 5.32 Å². The highest BCUT2D eigenvalue weighted by atomic mass is 35.5. The maximum absolute atomic E-state index is 14.1. The molecule has 0 saturated heterocycles. The van der Waals surface area contributed by atoms with E-state index >= 15 is 0 Å². The van der Waals surface area contributed by atoms with Crippen molar-refractivity contribution >= 4 is 50.5 Å². The first-order valence-electron chi connectivity index (χ1n) is 7.11. The molecule has 0 aromatic heterocycles. The standard InChI is InChI=1S/C16H15Cl2FN2O3S/c1-10(16(22)20-14-9-11(17)7-8-12(14)18)21(25(2,23)24)15-6-4-3-5-13(15)19/h3-10H,1-2H3,(H,20,22). The molecule has 0 aliphatic heterocycles. The number of hydrogen-bond donors (Lipinski definition) is 1. The zero-order valence-corrected chi connectivity index (χ0v) is 15.7. The quantitative estimate of drug-likeness (QED) is 0.820. The molecule has 0 aliphatic carbocycles. The van der Waals surface area contributed by atoms with Gasteiger partial charge in [-0.2, -0.15) is 0 Å². The Kier molecular flexibility index (Phi) is 5.92. The van der Waals surface area contributed by atoms with Gasteiger partial charge in [-0.15, -0.1) is 0 Å². The fraction of sp³-hybridized carbons (Fsp3) is 0.188. The van der Waals surface area contributed by atoms with E-state index in [1.54, 1.807) is 6.07 Å². The van der Waals surface area contributed by atoms with Crippen molar-refractivity contribution in [2.24, 2.45) is 0 Å². The highest BCUT2D eigenvalue weighted by Gasteiger charge is 2.31. The molecule has 0 bridgehead atoms. The number of para-hydroxylation sites is 1. The van der Waals surface area contributed by atoms with Gasteiger partial charge in [0.25, 0.3) is 0 Å². The molecule has 2 aromatic rings. The first-order chi connectivity index (χ1) is 11.6. The van der Waals surface area contributed by atoms with Gasteiger partial charge in [0.05, 0.1) is 22.7 Å². The first-order valence-corrected chi connectivity index (χ1v) is 9.71. The van der Waals surface area contributed by atoms with Gasteiger partial charge in [-0.25, -0.2) is 12.8 Å². The predicted octanol–water partition coefficient (Wildman–Crippen LogP) is 3.93. The minimum atomic E-state index is -3.92. The van der Waals surface area contributed by atoms with E-state index in [1.807, 2.05) is 0 Å². The Bertz CT molecular complexity index is 906. The van der Waals surface area contributed by atoms with Crippen molar-refractivity contribution in [1.29, 1.82) is 0 Å². The van der Waals surface area contributed by atoms with E-state index in [-0.39, 0.29) is 16.4 Å². The number of rotatable bonds is 5. The Morgan fingerprint density at radius 3 is 2.44 bits per heavy atom. The summed E-state index contributed by atoms with van der Waals surface area (Å²) in [6.07, 6.45) is 0.898. The molecular formula is C16H15Cl2FN2O3S. The molecule has 25 heavy (non-hydrogen) atoms. The fourth-order valence-electron chi connectivity index (χ4n) is 2.24. The lowest BCUT2D eigenvalue weighted by molar-refractivity contribution is -0.116. The molecule has 1 atom stereocenters. The van der Waals surface area contributed by atoms with Crippen molar-refractivity contribution in [2.75, 3.05) is 15.9 Å². The number of hydrogen-bond acceptors (Lipinski definition) is 3. The lowest BCUT2D eigenvalue weighted by Crippen LogP contribution is -2.45. The molecule has 1 amide bonds. The van der Waals surface area contributed by atoms with Gasteiger partial charge in [-0.1, -0.05) is 35.3 Å². The van der Waals surface area contributed by atoms with Crippen LogP contribution in [0.15, 0.2) is 42.5 Å². The number of sulfonamides is 1. The van der Waals surface area contributed by atoms with E-state index < -0.39 is 27.8 Å². The van der Waals surface area contributed by atoms with Gasteiger partial charge in [0.15, 0.2) is 0 Å². The van der Waals surface area contributed by atoms with E-state index in [9.17, 15) is 17.6 Å². The molecule has 1 N–H and O–H groups in total. The molecular weight excluding hydrogens is 390 g/mol. The molecule has 0 saturated carbocycles. The maximum Gasteiger partial charge on any atom is 0.248 e. The summed E-state index contributed by atoms with van der Waals surface area (Å²) in [4.78, 5) is 12.5. The topological polar surface area (TPSA) is 66.5 Å². The van der Waals surface area contributed by atoms with Crippen molar-refractivity contribution in [1.82, 2.24) is 0 Å². The van der Waals surface area contributed by atoms with Crippen LogP contribution in [-0.2, 0) is 14.8 Å². The zero-order chi connectivity index (χ0) is 18.8. The number of anilines is 2. The Balaban J connectivity index is 2.37. The molecule has 0 fully saturated rings. The van der Waals surface area contributed by atoms with Gasteiger partial charge in [-0.05, 0) is 37.3 Å². The van der Waals surface area contributed by atoms with Gasteiger partial charge in [0, 0.05) is 5.02 Å². The molecule has 1 unspecified atom stereocenters. The lowest BCUT2D eigenvalue weighted by Gasteiger charge is -2.28. The first kappa shape index (κ1) is 19.5. The van der Waals surface area contributed by atoms with Crippen LogP contribution in [0.2, 0.25) is 10.0 Å². The summed E-state index contributed by atoms with van der Waals surface area (Å²) in [6, 6.07) is 8.56. The summed E-state index contributed by atoms with van der Waals surface area (Å²) in [5.74, 6) is -1.44. The van der Waals surface area contributed by atoms with Gasteiger partial charge in [0.1, 0.15) is 11.9 Å². The van der Waals surface area contributed by atoms with Crippen molar-refractivity contribution < 1.29 is 17.6 Å². The molecule has 9 heteroatoms. The summed E-state index contributed by atoms with van der Waals surface area (Å²) in [6.45, 7) is 1.35. The smallest absolute Gasteiger partial charge is 0.248 e. The maximum atomic E-state index is 14.1. The summed E-state index contributed by atoms with van der Waals surface area (Å²) in [7, 11) is -3.92. The van der Waals surface area contributed by atoms with Crippen LogP contribution >= 0.6 is 23.2 Å². The Hall–Kier alpha value is -1.83. The van der Waals surface area contributed by atoms with Crippen LogP contribution in [0, 0.1) is 5.82 Å². The number of nitrogens with zero attached hydrogens (tertiary/aromatic N) is 1. The van der Waals surface area contributed by atoms with Gasteiger partial charge in [-0.3, -0.25) is 9.10 Å². The third-order valence-corrected chi connectivity index (χ3v) is 5.16. The molecule has 2 rings (SSSR count). The fourth-order valence-corrected chi connectivity index (χ4v) is 3.75. The predicted molar refractivity (Wildman–Crippen MR) is 98.3 cm³/mol. The number of benzene rings is 2. The molecule has 0 aliphatic rings. The van der Waals surface area contributed by atoms with Crippen LogP contribution in [0.25, 0.3) is 0 Å². The summed E-state index contributed by atoms with van der Waals surface area (Å²) in [5.41, 5.74) is 0.0119. The van der Waals surface area contributed by atoms with Crippen molar-refractivity contribution in [2.45, 2.75) is 13.0 Å². The van der Waals surface area contributed by atoms with Crippen molar-refractivity contribution in [3.8, 4) is 0 Å².